The number of hydrogen-bond acceptors (Lipinski definition) is 8. The highest BCUT2D eigenvalue weighted by atomic mass is 16.7. The summed E-state index contributed by atoms with van der Waals surface area (Å²) in [6, 6.07) is 0. The van der Waals surface area contributed by atoms with Crippen LogP contribution in [0.25, 0.3) is 0 Å². The van der Waals surface area contributed by atoms with E-state index in [4.69, 9.17) is 18.9 Å². The highest BCUT2D eigenvalue weighted by Crippen LogP contribution is 2.19. The predicted molar refractivity (Wildman–Crippen MR) is 330 cm³/mol. The largest absolute Gasteiger partial charge is 0.545 e. The molecule has 0 aliphatic heterocycles. The number of esters is 2. The lowest BCUT2D eigenvalue weighted by molar-refractivity contribution is -0.870. The SMILES string of the molecule is CCCCCC/C=C\CCCCCCCC(=O)OC(COC(=O)CCCCCCCCCCCCCCCCCCCCCCCCCCCCCCCCCCCCCCCCCC)COC(OCC[N+](C)(C)C)C(=O)[O-]. The minimum Gasteiger partial charge on any atom is -0.545 e. The number of ether oxygens (including phenoxy) is 4. The molecule has 2 unspecified atom stereocenters. The Labute approximate surface area is 485 Å². The van der Waals surface area contributed by atoms with Crippen molar-refractivity contribution < 1.29 is 42.9 Å². The number of hydrogen-bond donors (Lipinski definition) is 0. The number of aliphatic carboxylic acids is 1. The van der Waals surface area contributed by atoms with Crippen LogP contribution >= 0.6 is 0 Å². The van der Waals surface area contributed by atoms with Crippen LogP contribution in [-0.4, -0.2) is 82.3 Å². The highest BCUT2D eigenvalue weighted by molar-refractivity contribution is 5.70. The Bertz CT molecular complexity index is 1280. The minimum atomic E-state index is -1.62. The second kappa shape index (κ2) is 61.1. The Kier molecular flexibility index (Phi) is 59.6. The first kappa shape index (κ1) is 76.0. The van der Waals surface area contributed by atoms with E-state index in [9.17, 15) is 19.5 Å². The lowest BCUT2D eigenvalue weighted by atomic mass is 10.0. The van der Waals surface area contributed by atoms with Crippen LogP contribution in [0.5, 0.6) is 0 Å². The Morgan fingerprint density at radius 1 is 0.372 bits per heavy atom. The van der Waals surface area contributed by atoms with E-state index in [1.807, 2.05) is 21.1 Å². The van der Waals surface area contributed by atoms with Gasteiger partial charge in [-0.05, 0) is 38.5 Å². The highest BCUT2D eigenvalue weighted by Gasteiger charge is 2.22. The number of carbonyl (C=O) groups is 3. The molecule has 462 valence electrons. The van der Waals surface area contributed by atoms with Gasteiger partial charge in [-0.1, -0.05) is 315 Å². The Balaban J connectivity index is 3.83. The molecule has 0 aromatic carbocycles. The van der Waals surface area contributed by atoms with E-state index in [2.05, 4.69) is 26.0 Å². The van der Waals surface area contributed by atoms with Gasteiger partial charge >= 0.3 is 11.9 Å². The van der Waals surface area contributed by atoms with Gasteiger partial charge in [0.05, 0.1) is 40.3 Å². The molecule has 0 saturated heterocycles. The minimum absolute atomic E-state index is 0.150. The van der Waals surface area contributed by atoms with Crippen LogP contribution in [0.2, 0.25) is 0 Å². The normalized spacial score (nSPS) is 12.7. The molecule has 0 amide bonds. The molecule has 78 heavy (non-hydrogen) atoms. The van der Waals surface area contributed by atoms with Crippen LogP contribution in [0.1, 0.15) is 354 Å². The zero-order valence-electron chi connectivity index (χ0n) is 52.8. The number of likely N-dealkylation sites (N-methyl/N-ethyl adjacent to an activating group) is 1. The number of allylic oxidation sites excluding steroid dienone is 2. The monoisotopic (exact) mass is 1100 g/mol. The Morgan fingerprint density at radius 2 is 0.654 bits per heavy atom. The first-order valence-electron chi connectivity index (χ1n) is 34.3. The third-order valence-electron chi connectivity index (χ3n) is 15.8. The van der Waals surface area contributed by atoms with Crippen molar-refractivity contribution in [3.05, 3.63) is 12.2 Å². The summed E-state index contributed by atoms with van der Waals surface area (Å²) in [6.45, 7) is 4.78. The number of carbonyl (C=O) groups excluding carboxylic acids is 3. The molecule has 0 fully saturated rings. The molecule has 0 aliphatic carbocycles. The van der Waals surface area contributed by atoms with Crippen molar-refractivity contribution in [3.63, 3.8) is 0 Å². The number of unbranched alkanes of at least 4 members (excludes halogenated alkanes) is 48. The van der Waals surface area contributed by atoms with Crippen LogP contribution in [0.4, 0.5) is 0 Å². The molecular weight excluding hydrogens is 971 g/mol. The number of carboxylic acids is 1. The molecule has 0 aliphatic rings. The molecule has 0 radical (unpaired) electrons. The first-order valence-corrected chi connectivity index (χ1v) is 34.3. The second-order valence-corrected chi connectivity index (χ2v) is 24.8. The van der Waals surface area contributed by atoms with Crippen molar-refractivity contribution in [2.45, 2.75) is 367 Å². The van der Waals surface area contributed by atoms with Crippen LogP contribution in [0, 0.1) is 0 Å². The van der Waals surface area contributed by atoms with Crippen molar-refractivity contribution in [3.8, 4) is 0 Å². The number of nitrogens with zero attached hydrogens (tertiary/aromatic N) is 1. The quantitative estimate of drug-likeness (QED) is 0.0195. The fourth-order valence-electron chi connectivity index (χ4n) is 10.5. The van der Waals surface area contributed by atoms with Crippen LogP contribution in [0.15, 0.2) is 12.2 Å². The average molecular weight is 1100 g/mol. The van der Waals surface area contributed by atoms with E-state index >= 15 is 0 Å². The average Bonchev–Trinajstić information content (AvgIpc) is 3.41. The van der Waals surface area contributed by atoms with Gasteiger partial charge in [0.2, 0.25) is 0 Å². The molecular formula is C69H133NO8. The Morgan fingerprint density at radius 3 is 0.962 bits per heavy atom. The molecule has 0 aromatic heterocycles. The number of quaternary nitrogens is 1. The van der Waals surface area contributed by atoms with Gasteiger partial charge in [0, 0.05) is 12.8 Å². The van der Waals surface area contributed by atoms with Crippen molar-refractivity contribution in [2.75, 3.05) is 47.5 Å². The topological polar surface area (TPSA) is 111 Å². The summed E-state index contributed by atoms with van der Waals surface area (Å²) in [6.07, 6.45) is 70.5. The predicted octanol–water partition coefficient (Wildman–Crippen LogP) is 19.5. The van der Waals surface area contributed by atoms with Gasteiger partial charge in [-0.3, -0.25) is 9.59 Å². The van der Waals surface area contributed by atoms with Crippen molar-refractivity contribution in [1.82, 2.24) is 0 Å². The molecule has 0 saturated carbocycles. The molecule has 9 nitrogen and oxygen atoms in total. The van der Waals surface area contributed by atoms with Gasteiger partial charge in [-0.15, -0.1) is 0 Å². The number of carboxylic acid groups (broad SMARTS) is 1. The fraction of sp³-hybridized carbons (Fsp3) is 0.928. The summed E-state index contributed by atoms with van der Waals surface area (Å²) in [4.78, 5) is 37.3. The number of rotatable bonds is 65. The van der Waals surface area contributed by atoms with Crippen LogP contribution in [0.3, 0.4) is 0 Å². The third-order valence-corrected chi connectivity index (χ3v) is 15.8. The van der Waals surface area contributed by atoms with Crippen molar-refractivity contribution in [2.24, 2.45) is 0 Å². The lowest BCUT2D eigenvalue weighted by Crippen LogP contribution is -2.44. The van der Waals surface area contributed by atoms with E-state index < -0.39 is 24.3 Å². The summed E-state index contributed by atoms with van der Waals surface area (Å²) in [5.41, 5.74) is 0. The molecule has 2 atom stereocenters. The maximum Gasteiger partial charge on any atom is 0.306 e. The molecule has 0 heterocycles. The summed E-state index contributed by atoms with van der Waals surface area (Å²) in [5, 5.41) is 11.8. The first-order chi connectivity index (χ1) is 38.1. The van der Waals surface area contributed by atoms with Crippen molar-refractivity contribution in [1.29, 1.82) is 0 Å². The standard InChI is InChI=1S/C69H133NO8/c1-6-8-10-12-14-16-18-20-21-22-23-24-25-26-27-28-29-30-31-32-33-34-35-36-37-38-39-40-41-42-43-44-45-46-48-49-51-53-55-57-59-66(71)76-63-65(64-77-69(68(73)74)75-62-61-70(3,4)5)78-67(72)60-58-56-54-52-50-47-19-17-15-13-11-9-7-2/h17,19,65,69H,6-16,18,20-64H2,1-5H3/b19-17-. The van der Waals surface area contributed by atoms with Gasteiger partial charge < -0.3 is 33.3 Å². The van der Waals surface area contributed by atoms with Crippen molar-refractivity contribution >= 4 is 17.9 Å². The van der Waals surface area contributed by atoms with Gasteiger partial charge in [-0.25, -0.2) is 0 Å². The van der Waals surface area contributed by atoms with E-state index in [1.54, 1.807) is 0 Å². The summed E-state index contributed by atoms with van der Waals surface area (Å²) < 4.78 is 22.7. The van der Waals surface area contributed by atoms with E-state index in [0.717, 1.165) is 51.4 Å². The fourth-order valence-corrected chi connectivity index (χ4v) is 10.5. The summed E-state index contributed by atoms with van der Waals surface area (Å²) in [7, 11) is 5.93. The molecule has 0 spiro atoms. The zero-order valence-corrected chi connectivity index (χ0v) is 52.8. The maximum atomic E-state index is 12.8. The summed E-state index contributed by atoms with van der Waals surface area (Å²) in [5.74, 6) is -2.27. The van der Waals surface area contributed by atoms with Crippen LogP contribution in [-0.2, 0) is 33.3 Å². The van der Waals surface area contributed by atoms with E-state index in [-0.39, 0.29) is 32.2 Å². The van der Waals surface area contributed by atoms with Gasteiger partial charge in [0.1, 0.15) is 13.2 Å². The molecule has 0 bridgehead atoms. The third kappa shape index (κ3) is 61.6. The summed E-state index contributed by atoms with van der Waals surface area (Å²) >= 11 is 0. The van der Waals surface area contributed by atoms with Gasteiger partial charge in [0.25, 0.3) is 0 Å². The van der Waals surface area contributed by atoms with E-state index in [1.165, 1.54) is 270 Å². The maximum absolute atomic E-state index is 12.8. The van der Waals surface area contributed by atoms with E-state index in [0.29, 0.717) is 23.9 Å². The van der Waals surface area contributed by atoms with Gasteiger partial charge in [0.15, 0.2) is 12.4 Å². The molecule has 9 heteroatoms. The Hall–Kier alpha value is -1.97. The van der Waals surface area contributed by atoms with Crippen LogP contribution < -0.4 is 5.11 Å². The lowest BCUT2D eigenvalue weighted by Gasteiger charge is -2.26. The smallest absolute Gasteiger partial charge is 0.306 e. The molecule has 0 rings (SSSR count). The zero-order chi connectivity index (χ0) is 56.9. The molecule has 0 aromatic rings. The second-order valence-electron chi connectivity index (χ2n) is 24.8. The van der Waals surface area contributed by atoms with Gasteiger partial charge in [-0.2, -0.15) is 0 Å². The molecule has 0 N–H and O–H groups in total.